The van der Waals surface area contributed by atoms with Crippen molar-refractivity contribution in [3.63, 3.8) is 0 Å². The van der Waals surface area contributed by atoms with Crippen LogP contribution in [0.2, 0.25) is 0 Å². The molecule has 0 saturated heterocycles. The Labute approximate surface area is 187 Å². The molecular formula is C20H22BrF3N2O4S. The van der Waals surface area contributed by atoms with Gasteiger partial charge in [0, 0.05) is 17.7 Å². The van der Waals surface area contributed by atoms with Gasteiger partial charge in [-0.2, -0.15) is 17.5 Å². The number of allylic oxidation sites excluding steroid dienone is 1. The zero-order valence-electron chi connectivity index (χ0n) is 16.7. The van der Waals surface area contributed by atoms with Crippen LogP contribution < -0.4 is 0 Å². The number of sulfonamides is 1. The smallest absolute Gasteiger partial charge is 0.416 e. The van der Waals surface area contributed by atoms with Gasteiger partial charge >= 0.3 is 12.1 Å². The zero-order chi connectivity index (χ0) is 23.0. The van der Waals surface area contributed by atoms with Crippen molar-refractivity contribution < 1.29 is 31.5 Å². The second-order valence-corrected chi connectivity index (χ2v) is 10.6. The molecule has 170 valence electrons. The van der Waals surface area contributed by atoms with E-state index >= 15 is 0 Å². The SMILES string of the molecule is CN([C@@H]1CCCC2=C1C=NC(CC(=O)O)CC2)S(=O)(=O)c1cc(Br)cc(C(F)(F)F)c1. The highest BCUT2D eigenvalue weighted by molar-refractivity contribution is 9.10. The average Bonchev–Trinajstić information content (AvgIpc) is 2.88. The number of rotatable bonds is 5. The largest absolute Gasteiger partial charge is 0.481 e. The molecule has 2 aliphatic rings. The fourth-order valence-corrected chi connectivity index (χ4v) is 6.12. The van der Waals surface area contributed by atoms with Gasteiger partial charge < -0.3 is 5.11 Å². The van der Waals surface area contributed by atoms with E-state index in [-0.39, 0.29) is 16.9 Å². The monoisotopic (exact) mass is 522 g/mol. The second kappa shape index (κ2) is 9.03. The maximum atomic E-state index is 13.2. The minimum absolute atomic E-state index is 0.0189. The minimum atomic E-state index is -4.68. The van der Waals surface area contributed by atoms with E-state index in [2.05, 4.69) is 20.9 Å². The molecule has 0 saturated carbocycles. The number of carboxylic acid groups (broad SMARTS) is 1. The van der Waals surface area contributed by atoms with Crippen LogP contribution in [0.25, 0.3) is 0 Å². The van der Waals surface area contributed by atoms with Crippen LogP contribution in [0.5, 0.6) is 0 Å². The number of halogens is 4. The van der Waals surface area contributed by atoms with Gasteiger partial charge in [0.05, 0.1) is 29.0 Å². The van der Waals surface area contributed by atoms with E-state index in [9.17, 15) is 26.4 Å². The molecule has 2 atom stereocenters. The van der Waals surface area contributed by atoms with Crippen molar-refractivity contribution in [3.8, 4) is 0 Å². The molecule has 31 heavy (non-hydrogen) atoms. The van der Waals surface area contributed by atoms with Gasteiger partial charge in [0.1, 0.15) is 0 Å². The molecule has 0 amide bonds. The number of likely N-dealkylation sites (N-methyl/N-ethyl adjacent to an activating group) is 1. The summed E-state index contributed by atoms with van der Waals surface area (Å²) in [5.74, 6) is -0.951. The Morgan fingerprint density at radius 2 is 1.97 bits per heavy atom. The van der Waals surface area contributed by atoms with Crippen LogP contribution in [0.1, 0.15) is 44.1 Å². The summed E-state index contributed by atoms with van der Waals surface area (Å²) >= 11 is 2.97. The number of aliphatic carboxylic acids is 1. The normalized spacial score (nSPS) is 22.4. The van der Waals surface area contributed by atoms with Crippen molar-refractivity contribution in [3.05, 3.63) is 39.4 Å². The van der Waals surface area contributed by atoms with E-state index < -0.39 is 38.7 Å². The number of hydrogen-bond donors (Lipinski definition) is 1. The lowest BCUT2D eigenvalue weighted by Crippen LogP contribution is -2.40. The molecule has 1 N–H and O–H groups in total. The highest BCUT2D eigenvalue weighted by Crippen LogP contribution is 2.37. The molecule has 1 aliphatic carbocycles. The molecular weight excluding hydrogens is 501 g/mol. The van der Waals surface area contributed by atoms with Crippen molar-refractivity contribution in [2.75, 3.05) is 7.05 Å². The number of aliphatic imine (C=N–C) groups is 1. The van der Waals surface area contributed by atoms with E-state index in [0.29, 0.717) is 25.3 Å². The van der Waals surface area contributed by atoms with Gasteiger partial charge in [-0.15, -0.1) is 0 Å². The topological polar surface area (TPSA) is 87.0 Å². The van der Waals surface area contributed by atoms with Crippen LogP contribution in [-0.4, -0.2) is 49.1 Å². The molecule has 1 aliphatic heterocycles. The lowest BCUT2D eigenvalue weighted by molar-refractivity contribution is -0.138. The Morgan fingerprint density at radius 3 is 2.61 bits per heavy atom. The third kappa shape index (κ3) is 5.38. The summed E-state index contributed by atoms with van der Waals surface area (Å²) in [5.41, 5.74) is 0.696. The molecule has 1 unspecified atom stereocenters. The summed E-state index contributed by atoms with van der Waals surface area (Å²) < 4.78 is 67.1. The summed E-state index contributed by atoms with van der Waals surface area (Å²) in [6.07, 6.45) is -0.0432. The van der Waals surface area contributed by atoms with Crippen molar-refractivity contribution in [1.82, 2.24) is 4.31 Å². The summed E-state index contributed by atoms with van der Waals surface area (Å²) in [4.78, 5) is 14.9. The molecule has 1 aromatic carbocycles. The number of benzene rings is 1. The highest BCUT2D eigenvalue weighted by Gasteiger charge is 2.37. The number of nitrogens with zero attached hydrogens (tertiary/aromatic N) is 2. The van der Waals surface area contributed by atoms with E-state index in [1.54, 1.807) is 6.21 Å². The molecule has 6 nitrogen and oxygen atoms in total. The Balaban J connectivity index is 1.95. The maximum Gasteiger partial charge on any atom is 0.416 e. The summed E-state index contributed by atoms with van der Waals surface area (Å²) in [7, 11) is -2.87. The fraction of sp³-hybridized carbons (Fsp3) is 0.500. The Bertz CT molecular complexity index is 1040. The molecule has 0 fully saturated rings. The van der Waals surface area contributed by atoms with Gasteiger partial charge in [-0.05, 0) is 55.9 Å². The highest BCUT2D eigenvalue weighted by atomic mass is 79.9. The summed E-state index contributed by atoms with van der Waals surface area (Å²) in [5, 5.41) is 9.03. The zero-order valence-corrected chi connectivity index (χ0v) is 19.1. The third-order valence-corrected chi connectivity index (χ3v) is 7.95. The first-order valence-electron chi connectivity index (χ1n) is 9.72. The first kappa shape index (κ1) is 23.9. The van der Waals surface area contributed by atoms with Gasteiger partial charge in [0.2, 0.25) is 10.0 Å². The quantitative estimate of drug-likeness (QED) is 0.609. The predicted octanol–water partition coefficient (Wildman–Crippen LogP) is 4.65. The number of hydrogen-bond acceptors (Lipinski definition) is 4. The van der Waals surface area contributed by atoms with Crippen LogP contribution in [0.15, 0.2) is 43.7 Å². The van der Waals surface area contributed by atoms with Crippen molar-refractivity contribution in [2.45, 2.75) is 61.7 Å². The van der Waals surface area contributed by atoms with Gasteiger partial charge in [-0.1, -0.05) is 21.5 Å². The van der Waals surface area contributed by atoms with Crippen LogP contribution in [-0.2, 0) is 21.0 Å². The first-order valence-corrected chi connectivity index (χ1v) is 12.0. The Kier molecular flexibility index (Phi) is 6.97. The van der Waals surface area contributed by atoms with Crippen molar-refractivity contribution >= 4 is 38.1 Å². The minimum Gasteiger partial charge on any atom is -0.481 e. The summed E-state index contributed by atoms with van der Waals surface area (Å²) in [6, 6.07) is 1.67. The first-order chi connectivity index (χ1) is 14.4. The van der Waals surface area contributed by atoms with Crippen molar-refractivity contribution in [1.29, 1.82) is 0 Å². The van der Waals surface area contributed by atoms with Crippen LogP contribution in [0, 0.1) is 0 Å². The van der Waals surface area contributed by atoms with Crippen LogP contribution in [0.4, 0.5) is 13.2 Å². The Morgan fingerprint density at radius 1 is 1.26 bits per heavy atom. The summed E-state index contributed by atoms with van der Waals surface area (Å²) in [6.45, 7) is 0. The Hall–Kier alpha value is -1.72. The average molecular weight is 523 g/mol. The van der Waals surface area contributed by atoms with Gasteiger partial charge in [0.15, 0.2) is 0 Å². The lowest BCUT2D eigenvalue weighted by Gasteiger charge is -2.33. The van der Waals surface area contributed by atoms with E-state index in [4.69, 9.17) is 5.11 Å². The predicted molar refractivity (Wildman–Crippen MR) is 113 cm³/mol. The van der Waals surface area contributed by atoms with Gasteiger partial charge in [-0.25, -0.2) is 8.42 Å². The molecule has 0 radical (unpaired) electrons. The fourth-order valence-electron chi connectivity index (χ4n) is 4.04. The number of carboxylic acids is 1. The molecule has 11 heteroatoms. The number of alkyl halides is 3. The molecule has 0 spiro atoms. The molecule has 3 rings (SSSR count). The second-order valence-electron chi connectivity index (χ2n) is 7.73. The van der Waals surface area contributed by atoms with Gasteiger partial charge in [-0.3, -0.25) is 9.79 Å². The molecule has 1 aromatic rings. The number of carbonyl (C=O) groups is 1. The van der Waals surface area contributed by atoms with Gasteiger partial charge in [0.25, 0.3) is 0 Å². The van der Waals surface area contributed by atoms with E-state index in [0.717, 1.165) is 40.4 Å². The van der Waals surface area contributed by atoms with Crippen molar-refractivity contribution in [2.24, 2.45) is 4.99 Å². The van der Waals surface area contributed by atoms with E-state index in [1.807, 2.05) is 0 Å². The van der Waals surface area contributed by atoms with E-state index in [1.165, 1.54) is 7.05 Å². The lowest BCUT2D eigenvalue weighted by atomic mass is 9.86. The maximum absolute atomic E-state index is 13.2. The molecule has 0 aromatic heterocycles. The van der Waals surface area contributed by atoms with Crippen LogP contribution >= 0.6 is 15.9 Å². The third-order valence-electron chi connectivity index (χ3n) is 5.65. The van der Waals surface area contributed by atoms with Crippen LogP contribution in [0.3, 0.4) is 0 Å². The standard InChI is InChI=1S/C20H22BrF3N2O4S/c1-26(31(29,30)16-8-13(20(22,23)24)7-14(21)9-16)18-4-2-3-12-5-6-15(10-19(27)28)25-11-17(12)18/h7-9,11,15,18H,2-6,10H2,1H3,(H,27,28)/t15?,18-/m1/s1. The molecule has 0 bridgehead atoms. The molecule has 1 heterocycles.